The number of halogens is 1. The van der Waals surface area contributed by atoms with Crippen molar-refractivity contribution in [1.82, 2.24) is 9.80 Å². The zero-order chi connectivity index (χ0) is 16.1. The molecule has 0 bridgehead atoms. The fourth-order valence-electron chi connectivity index (χ4n) is 2.43. The molecule has 0 aromatic heterocycles. The summed E-state index contributed by atoms with van der Waals surface area (Å²) in [5.74, 6) is -1.78. The van der Waals surface area contributed by atoms with E-state index in [-0.39, 0.29) is 12.2 Å². The zero-order valence-corrected chi connectivity index (χ0v) is 12.5. The quantitative estimate of drug-likeness (QED) is 0.844. The van der Waals surface area contributed by atoms with Crippen LogP contribution in [0.15, 0.2) is 24.3 Å². The summed E-state index contributed by atoms with van der Waals surface area (Å²) in [6.45, 7) is 2.81. The third-order valence-corrected chi connectivity index (χ3v) is 3.77. The Hall–Kier alpha value is -1.99. The fraction of sp³-hybridized carbons (Fsp3) is 0.467. The number of aliphatic carboxylic acids is 1. The molecule has 2 N–H and O–H groups in total. The van der Waals surface area contributed by atoms with Gasteiger partial charge in [0.25, 0.3) is 0 Å². The summed E-state index contributed by atoms with van der Waals surface area (Å²) in [5.41, 5.74) is 0.453. The Morgan fingerprint density at radius 1 is 1.23 bits per heavy atom. The van der Waals surface area contributed by atoms with Gasteiger partial charge in [0.15, 0.2) is 0 Å². The molecule has 1 heterocycles. The largest absolute Gasteiger partial charge is 0.480 e. The van der Waals surface area contributed by atoms with Gasteiger partial charge in [-0.1, -0.05) is 0 Å². The Morgan fingerprint density at radius 3 is 2.36 bits per heavy atom. The number of likely N-dealkylation sites (N-methyl/N-ethyl adjacent to an activating group) is 1. The third-order valence-electron chi connectivity index (χ3n) is 3.77. The first-order valence-corrected chi connectivity index (χ1v) is 7.16. The molecule has 0 spiro atoms. The maximum atomic E-state index is 12.8. The van der Waals surface area contributed by atoms with Gasteiger partial charge >= 0.3 is 5.97 Å². The van der Waals surface area contributed by atoms with Crippen molar-refractivity contribution in [2.24, 2.45) is 0 Å². The van der Waals surface area contributed by atoms with Crippen LogP contribution in [-0.2, 0) is 9.59 Å². The molecule has 6 nitrogen and oxygen atoms in total. The normalized spacial score (nSPS) is 17.9. The Morgan fingerprint density at radius 2 is 1.82 bits per heavy atom. The summed E-state index contributed by atoms with van der Waals surface area (Å²) in [5, 5.41) is 12.0. The molecular formula is C15H20FN3O3. The average molecular weight is 309 g/mol. The maximum absolute atomic E-state index is 12.8. The Kier molecular flexibility index (Phi) is 5.46. The van der Waals surface area contributed by atoms with Gasteiger partial charge in [0.2, 0.25) is 5.91 Å². The van der Waals surface area contributed by atoms with Crippen LogP contribution in [0, 0.1) is 5.82 Å². The lowest BCUT2D eigenvalue weighted by molar-refractivity contribution is -0.145. The van der Waals surface area contributed by atoms with Gasteiger partial charge in [-0.25, -0.2) is 4.39 Å². The lowest BCUT2D eigenvalue weighted by Gasteiger charge is -2.35. The molecule has 1 atom stereocenters. The van der Waals surface area contributed by atoms with Gasteiger partial charge in [-0.15, -0.1) is 0 Å². The number of piperazine rings is 1. The second kappa shape index (κ2) is 7.33. The van der Waals surface area contributed by atoms with Gasteiger partial charge in [0.05, 0.1) is 6.42 Å². The van der Waals surface area contributed by atoms with Gasteiger partial charge in [-0.05, 0) is 31.3 Å². The van der Waals surface area contributed by atoms with E-state index in [1.807, 2.05) is 11.9 Å². The summed E-state index contributed by atoms with van der Waals surface area (Å²) in [4.78, 5) is 27.4. The number of carbonyl (C=O) groups is 2. The van der Waals surface area contributed by atoms with Crippen LogP contribution in [0.5, 0.6) is 0 Å². The van der Waals surface area contributed by atoms with Crippen molar-refractivity contribution in [2.75, 3.05) is 38.5 Å². The molecule has 0 saturated carbocycles. The number of carboxylic acid groups (broad SMARTS) is 1. The Balaban J connectivity index is 1.94. The molecule has 2 rings (SSSR count). The Bertz CT molecular complexity index is 527. The number of rotatable bonds is 5. The highest BCUT2D eigenvalue weighted by Crippen LogP contribution is 2.12. The number of hydrogen-bond acceptors (Lipinski definition) is 4. The topological polar surface area (TPSA) is 72.9 Å². The van der Waals surface area contributed by atoms with Crippen molar-refractivity contribution in [3.8, 4) is 0 Å². The van der Waals surface area contributed by atoms with Crippen LogP contribution in [0.25, 0.3) is 0 Å². The van der Waals surface area contributed by atoms with Crippen molar-refractivity contribution >= 4 is 17.6 Å². The molecule has 1 fully saturated rings. The summed E-state index contributed by atoms with van der Waals surface area (Å²) in [7, 11) is 1.98. The van der Waals surface area contributed by atoms with Gasteiger partial charge in [-0.3, -0.25) is 14.5 Å². The average Bonchev–Trinajstić information content (AvgIpc) is 2.48. The van der Waals surface area contributed by atoms with Crippen LogP contribution < -0.4 is 5.32 Å². The number of amides is 1. The van der Waals surface area contributed by atoms with Crippen LogP contribution in [0.1, 0.15) is 6.42 Å². The molecule has 120 valence electrons. The van der Waals surface area contributed by atoms with Crippen LogP contribution in [-0.4, -0.2) is 66.1 Å². The van der Waals surface area contributed by atoms with E-state index < -0.39 is 17.9 Å². The number of carbonyl (C=O) groups excluding carboxylic acids is 1. The predicted molar refractivity (Wildman–Crippen MR) is 80.1 cm³/mol. The predicted octanol–water partition coefficient (Wildman–Crippen LogP) is 0.855. The number of carboxylic acids is 1. The van der Waals surface area contributed by atoms with Crippen molar-refractivity contribution in [2.45, 2.75) is 12.5 Å². The highest BCUT2D eigenvalue weighted by molar-refractivity contribution is 5.94. The van der Waals surface area contributed by atoms with Gasteiger partial charge in [0.1, 0.15) is 11.9 Å². The molecule has 1 amide bonds. The van der Waals surface area contributed by atoms with Crippen molar-refractivity contribution in [3.63, 3.8) is 0 Å². The summed E-state index contributed by atoms with van der Waals surface area (Å²) >= 11 is 0. The van der Waals surface area contributed by atoms with Crippen molar-refractivity contribution in [1.29, 1.82) is 0 Å². The minimum absolute atomic E-state index is 0.129. The molecule has 1 saturated heterocycles. The van der Waals surface area contributed by atoms with E-state index in [1.54, 1.807) is 0 Å². The van der Waals surface area contributed by atoms with E-state index in [4.69, 9.17) is 0 Å². The lowest BCUT2D eigenvalue weighted by atomic mass is 10.1. The second-order valence-electron chi connectivity index (χ2n) is 5.45. The van der Waals surface area contributed by atoms with Crippen LogP contribution in [0.2, 0.25) is 0 Å². The molecule has 0 radical (unpaired) electrons. The minimum atomic E-state index is -1.00. The first-order chi connectivity index (χ1) is 10.5. The number of nitrogens with zero attached hydrogens (tertiary/aromatic N) is 2. The molecule has 1 aromatic carbocycles. The number of hydrogen-bond donors (Lipinski definition) is 2. The standard InChI is InChI=1S/C15H20FN3O3/c1-18-6-8-19(9-7-18)13(15(21)22)10-14(20)17-12-4-2-11(16)3-5-12/h2-5,13H,6-10H2,1H3,(H,17,20)(H,21,22)/t13-/m1/s1. The Labute approximate surface area is 128 Å². The first-order valence-electron chi connectivity index (χ1n) is 7.16. The molecule has 1 aliphatic heterocycles. The number of anilines is 1. The van der Waals surface area contributed by atoms with Gasteiger partial charge in [-0.2, -0.15) is 0 Å². The fourth-order valence-corrected chi connectivity index (χ4v) is 2.43. The molecule has 7 heteroatoms. The summed E-state index contributed by atoms with van der Waals surface area (Å²) < 4.78 is 12.8. The maximum Gasteiger partial charge on any atom is 0.321 e. The van der Waals surface area contributed by atoms with E-state index in [2.05, 4.69) is 10.2 Å². The number of benzene rings is 1. The lowest BCUT2D eigenvalue weighted by Crippen LogP contribution is -2.52. The smallest absolute Gasteiger partial charge is 0.321 e. The third kappa shape index (κ3) is 4.51. The van der Waals surface area contributed by atoms with Crippen LogP contribution >= 0.6 is 0 Å². The molecule has 22 heavy (non-hydrogen) atoms. The second-order valence-corrected chi connectivity index (χ2v) is 5.45. The van der Waals surface area contributed by atoms with Crippen LogP contribution in [0.3, 0.4) is 0 Å². The molecular weight excluding hydrogens is 289 g/mol. The van der Waals surface area contributed by atoms with Crippen molar-refractivity contribution < 1.29 is 19.1 Å². The SMILES string of the molecule is CN1CCN([C@H](CC(=O)Nc2ccc(F)cc2)C(=O)O)CC1. The van der Waals surface area contributed by atoms with Crippen LogP contribution in [0.4, 0.5) is 10.1 Å². The van der Waals surface area contributed by atoms with Gasteiger partial charge in [0, 0.05) is 31.9 Å². The van der Waals surface area contributed by atoms with E-state index in [0.717, 1.165) is 13.1 Å². The van der Waals surface area contributed by atoms with E-state index >= 15 is 0 Å². The summed E-state index contributed by atoms with van der Waals surface area (Å²) in [6.07, 6.45) is -0.129. The van der Waals surface area contributed by atoms with Gasteiger partial charge < -0.3 is 15.3 Å². The van der Waals surface area contributed by atoms with Crippen molar-refractivity contribution in [3.05, 3.63) is 30.1 Å². The zero-order valence-electron chi connectivity index (χ0n) is 12.5. The van der Waals surface area contributed by atoms with E-state index in [0.29, 0.717) is 18.8 Å². The highest BCUT2D eigenvalue weighted by Gasteiger charge is 2.30. The molecule has 1 aliphatic rings. The monoisotopic (exact) mass is 309 g/mol. The summed E-state index contributed by atoms with van der Waals surface area (Å²) in [6, 6.07) is 4.53. The highest BCUT2D eigenvalue weighted by atomic mass is 19.1. The molecule has 1 aromatic rings. The number of nitrogens with one attached hydrogen (secondary N) is 1. The van der Waals surface area contributed by atoms with E-state index in [9.17, 15) is 19.1 Å². The molecule has 0 aliphatic carbocycles. The van der Waals surface area contributed by atoms with E-state index in [1.165, 1.54) is 24.3 Å². The first kappa shape index (κ1) is 16.4. The minimum Gasteiger partial charge on any atom is -0.480 e. The molecule has 0 unspecified atom stereocenters.